The summed E-state index contributed by atoms with van der Waals surface area (Å²) in [6, 6.07) is 7.03. The van der Waals surface area contributed by atoms with Crippen LogP contribution in [0.15, 0.2) is 36.7 Å². The molecule has 0 bridgehead atoms. The van der Waals surface area contributed by atoms with Gasteiger partial charge >= 0.3 is 0 Å². The van der Waals surface area contributed by atoms with Gasteiger partial charge in [-0.25, -0.2) is 14.4 Å². The molecular weight excluding hydrogens is 409 g/mol. The van der Waals surface area contributed by atoms with Crippen LogP contribution in [0.3, 0.4) is 0 Å². The predicted octanol–water partition coefficient (Wildman–Crippen LogP) is 3.89. The third-order valence-corrected chi connectivity index (χ3v) is 5.83. The molecule has 1 aliphatic carbocycles. The minimum absolute atomic E-state index is 0.114. The lowest BCUT2D eigenvalue weighted by Crippen LogP contribution is -2.13. The molecule has 2 fully saturated rings. The van der Waals surface area contributed by atoms with Crippen LogP contribution in [0.1, 0.15) is 5.56 Å². The number of hydrogen-bond donors (Lipinski definition) is 2. The number of fused-ring (bicyclic) bond motifs is 2. The van der Waals surface area contributed by atoms with Crippen molar-refractivity contribution in [3.05, 3.63) is 63.2 Å². The van der Waals surface area contributed by atoms with Crippen LogP contribution in [0.4, 0.5) is 21.6 Å². The first-order chi connectivity index (χ1) is 14.5. The zero-order valence-electron chi connectivity index (χ0n) is 15.5. The van der Waals surface area contributed by atoms with Gasteiger partial charge in [0.15, 0.2) is 0 Å². The van der Waals surface area contributed by atoms with Crippen LogP contribution in [0.5, 0.6) is 0 Å². The van der Waals surface area contributed by atoms with Crippen LogP contribution in [0.2, 0.25) is 5.02 Å². The van der Waals surface area contributed by atoms with Gasteiger partial charge in [0.1, 0.15) is 23.5 Å². The number of nitro groups is 1. The van der Waals surface area contributed by atoms with E-state index in [1.165, 1.54) is 30.6 Å². The van der Waals surface area contributed by atoms with Gasteiger partial charge in [0, 0.05) is 22.4 Å². The van der Waals surface area contributed by atoms with E-state index in [4.69, 9.17) is 11.6 Å². The molecular formula is C21H15ClFN5O2. The molecule has 30 heavy (non-hydrogen) atoms. The molecule has 2 aromatic carbocycles. The fourth-order valence-electron chi connectivity index (χ4n) is 3.96. The highest BCUT2D eigenvalue weighted by Gasteiger charge is 2.51. The van der Waals surface area contributed by atoms with Gasteiger partial charge in [0.05, 0.1) is 16.1 Å². The van der Waals surface area contributed by atoms with Crippen molar-refractivity contribution in [2.24, 2.45) is 17.8 Å². The van der Waals surface area contributed by atoms with Crippen molar-refractivity contribution in [1.29, 1.82) is 0 Å². The molecule has 1 aliphatic heterocycles. The average Bonchev–Trinajstić information content (AvgIpc) is 3.14. The molecule has 0 radical (unpaired) electrons. The molecule has 5 rings (SSSR count). The number of nitrogens with one attached hydrogen (secondary N) is 2. The molecule has 0 amide bonds. The summed E-state index contributed by atoms with van der Waals surface area (Å²) in [6.07, 6.45) is 1.31. The molecule has 3 atom stereocenters. The maximum atomic E-state index is 14.1. The van der Waals surface area contributed by atoms with E-state index in [1.807, 2.05) is 0 Å². The summed E-state index contributed by atoms with van der Waals surface area (Å²) in [7, 11) is 0. The molecule has 9 heteroatoms. The molecule has 3 aromatic rings. The van der Waals surface area contributed by atoms with Crippen molar-refractivity contribution < 1.29 is 9.31 Å². The molecule has 1 saturated heterocycles. The van der Waals surface area contributed by atoms with Crippen LogP contribution >= 0.6 is 11.6 Å². The Labute approximate surface area is 175 Å². The summed E-state index contributed by atoms with van der Waals surface area (Å²) < 4.78 is 14.1. The highest BCUT2D eigenvalue weighted by Crippen LogP contribution is 2.48. The lowest BCUT2D eigenvalue weighted by Gasteiger charge is -2.10. The first kappa shape index (κ1) is 18.7. The summed E-state index contributed by atoms with van der Waals surface area (Å²) in [6.45, 7) is 1.90. The van der Waals surface area contributed by atoms with Gasteiger partial charge in [-0.3, -0.25) is 10.1 Å². The number of anilines is 2. The first-order valence-corrected chi connectivity index (χ1v) is 9.76. The second-order valence-corrected chi connectivity index (χ2v) is 7.83. The quantitative estimate of drug-likeness (QED) is 0.377. The zero-order valence-corrected chi connectivity index (χ0v) is 16.3. The fraction of sp³-hybridized carbons (Fsp3) is 0.238. The molecule has 2 aliphatic rings. The third kappa shape index (κ3) is 3.32. The normalized spacial score (nSPS) is 21.6. The van der Waals surface area contributed by atoms with E-state index >= 15 is 0 Å². The molecule has 0 unspecified atom stereocenters. The SMILES string of the molecule is O=[N+]([O-])c1cc2c(Nc3cc(Cl)ccc3F)ncnc2cc1C#C[C@@H]1[C@H]2CNC[C@@H]12. The van der Waals surface area contributed by atoms with Crippen molar-refractivity contribution in [3.63, 3.8) is 0 Å². The lowest BCUT2D eigenvalue weighted by atomic mass is 10.1. The van der Waals surface area contributed by atoms with Gasteiger partial charge in [-0.05, 0) is 49.2 Å². The van der Waals surface area contributed by atoms with Gasteiger partial charge < -0.3 is 10.6 Å². The molecule has 1 saturated carbocycles. The number of halogens is 2. The first-order valence-electron chi connectivity index (χ1n) is 9.39. The summed E-state index contributed by atoms with van der Waals surface area (Å²) in [5.41, 5.74) is 0.762. The van der Waals surface area contributed by atoms with E-state index in [2.05, 4.69) is 32.4 Å². The van der Waals surface area contributed by atoms with Gasteiger partial charge in [0.2, 0.25) is 0 Å². The Balaban J connectivity index is 1.55. The number of rotatable bonds is 3. The van der Waals surface area contributed by atoms with Gasteiger partial charge in [-0.15, -0.1) is 0 Å². The standard InChI is InChI=1S/C21H15ClFN5O2/c22-12-2-4-17(23)19(6-12)27-21-14-7-20(28(29)30)11(5-18(14)25-10-26-21)1-3-13-15-8-24-9-16(13)15/h2,4-7,10,13,15-16,24H,8-9H2,(H,25,26,27)/t13-,15-,16+. The molecule has 2 N–H and O–H groups in total. The second kappa shape index (κ2) is 7.20. The van der Waals surface area contributed by atoms with Crippen molar-refractivity contribution in [2.75, 3.05) is 18.4 Å². The molecule has 2 heterocycles. The number of hydrogen-bond acceptors (Lipinski definition) is 6. The third-order valence-electron chi connectivity index (χ3n) is 5.60. The molecule has 1 aromatic heterocycles. The second-order valence-electron chi connectivity index (χ2n) is 7.40. The molecule has 7 nitrogen and oxygen atoms in total. The zero-order chi connectivity index (χ0) is 20.8. The average molecular weight is 424 g/mol. The fourth-order valence-corrected chi connectivity index (χ4v) is 4.13. The molecule has 150 valence electrons. The summed E-state index contributed by atoms with van der Waals surface area (Å²) in [5.74, 6) is 7.27. The smallest absolute Gasteiger partial charge is 0.285 e. The molecule has 0 spiro atoms. The van der Waals surface area contributed by atoms with E-state index < -0.39 is 10.7 Å². The minimum Gasteiger partial charge on any atom is -0.337 e. The van der Waals surface area contributed by atoms with Crippen molar-refractivity contribution in [2.45, 2.75) is 0 Å². The van der Waals surface area contributed by atoms with Gasteiger partial charge in [-0.1, -0.05) is 23.4 Å². The van der Waals surface area contributed by atoms with E-state index in [9.17, 15) is 14.5 Å². The summed E-state index contributed by atoms with van der Waals surface area (Å²) in [4.78, 5) is 19.5. The van der Waals surface area contributed by atoms with Crippen LogP contribution < -0.4 is 10.6 Å². The maximum Gasteiger partial charge on any atom is 0.285 e. The number of aromatic nitrogens is 2. The summed E-state index contributed by atoms with van der Waals surface area (Å²) in [5, 5.41) is 18.6. The predicted molar refractivity (Wildman–Crippen MR) is 111 cm³/mol. The Morgan fingerprint density at radius 1 is 1.23 bits per heavy atom. The van der Waals surface area contributed by atoms with Crippen LogP contribution in [-0.2, 0) is 0 Å². The minimum atomic E-state index is -0.521. The Kier molecular flexibility index (Phi) is 4.50. The van der Waals surface area contributed by atoms with Gasteiger partial charge in [0.25, 0.3) is 5.69 Å². The van der Waals surface area contributed by atoms with Gasteiger partial charge in [-0.2, -0.15) is 0 Å². The number of benzene rings is 2. The van der Waals surface area contributed by atoms with E-state index in [0.717, 1.165) is 13.1 Å². The number of nitro benzene ring substituents is 1. The highest BCUT2D eigenvalue weighted by atomic mass is 35.5. The van der Waals surface area contributed by atoms with Crippen molar-refractivity contribution in [3.8, 4) is 11.8 Å². The van der Waals surface area contributed by atoms with Crippen LogP contribution in [0.25, 0.3) is 10.9 Å². The Hall–Kier alpha value is -3.28. The van der Waals surface area contributed by atoms with Crippen LogP contribution in [0, 0.1) is 45.5 Å². The number of piperidine rings is 1. The topological polar surface area (TPSA) is 93.0 Å². The van der Waals surface area contributed by atoms with Crippen molar-refractivity contribution in [1.82, 2.24) is 15.3 Å². The van der Waals surface area contributed by atoms with E-state index in [0.29, 0.717) is 33.3 Å². The van der Waals surface area contributed by atoms with Crippen molar-refractivity contribution >= 4 is 39.7 Å². The summed E-state index contributed by atoms with van der Waals surface area (Å²) >= 11 is 5.94. The highest BCUT2D eigenvalue weighted by molar-refractivity contribution is 6.30. The monoisotopic (exact) mass is 423 g/mol. The largest absolute Gasteiger partial charge is 0.337 e. The Morgan fingerprint density at radius 2 is 2.03 bits per heavy atom. The Bertz CT molecular complexity index is 1250. The number of nitrogens with zero attached hydrogens (tertiary/aromatic N) is 3. The lowest BCUT2D eigenvalue weighted by molar-refractivity contribution is -0.385. The van der Waals surface area contributed by atoms with E-state index in [-0.39, 0.29) is 23.1 Å². The maximum absolute atomic E-state index is 14.1. The Morgan fingerprint density at radius 3 is 2.80 bits per heavy atom. The van der Waals surface area contributed by atoms with E-state index in [1.54, 1.807) is 6.07 Å². The van der Waals surface area contributed by atoms with Crippen LogP contribution in [-0.4, -0.2) is 28.0 Å².